The summed E-state index contributed by atoms with van der Waals surface area (Å²) in [5, 5.41) is 29.0. The molecule has 0 aliphatic rings. The number of thioether (sulfide) groups is 1. The van der Waals surface area contributed by atoms with Crippen LogP contribution in [0.5, 0.6) is 5.75 Å². The number of pyridine rings is 1. The number of aryl methyl sites for hydroxylation is 1. The van der Waals surface area contributed by atoms with Crippen molar-refractivity contribution in [1.82, 2.24) is 4.98 Å². The number of ether oxygens (including phenoxy) is 1. The van der Waals surface area contributed by atoms with Crippen LogP contribution in [0.15, 0.2) is 23.2 Å². The molecular weight excluding hydrogens is 340 g/mol. The third-order valence-corrected chi connectivity index (χ3v) is 4.40. The van der Waals surface area contributed by atoms with E-state index in [1.54, 1.807) is 19.1 Å². The second-order valence-corrected chi connectivity index (χ2v) is 5.98. The van der Waals surface area contributed by atoms with Gasteiger partial charge in [-0.25, -0.2) is 4.98 Å². The quantitative estimate of drug-likeness (QED) is 0.631. The zero-order valence-corrected chi connectivity index (χ0v) is 14.3. The highest BCUT2D eigenvalue weighted by Crippen LogP contribution is 2.36. The second-order valence-electron chi connectivity index (χ2n) is 5.02. The number of phenolic OH excluding ortho intramolecular Hbond substituents is 1. The number of esters is 1. The lowest BCUT2D eigenvalue weighted by Gasteiger charge is -2.13. The molecule has 0 radical (unpaired) electrons. The number of rotatable bonds is 4. The van der Waals surface area contributed by atoms with Crippen LogP contribution in [-0.4, -0.2) is 28.9 Å². The number of nitrogen functional groups attached to an aromatic ring is 1. The lowest BCUT2D eigenvalue weighted by molar-refractivity contribution is -0.137. The van der Waals surface area contributed by atoms with Crippen LogP contribution in [0.4, 0.5) is 5.82 Å². The zero-order valence-electron chi connectivity index (χ0n) is 13.5. The Bertz CT molecular complexity index is 929. The van der Waals surface area contributed by atoms with Gasteiger partial charge in [0.15, 0.2) is 0 Å². The molecule has 0 bridgehead atoms. The Morgan fingerprint density at radius 1 is 1.36 bits per heavy atom. The van der Waals surface area contributed by atoms with Gasteiger partial charge in [-0.2, -0.15) is 10.5 Å². The Hall–Kier alpha value is -3.23. The van der Waals surface area contributed by atoms with E-state index in [2.05, 4.69) is 9.72 Å². The van der Waals surface area contributed by atoms with Crippen LogP contribution in [0.2, 0.25) is 0 Å². The molecule has 7 nitrogen and oxygen atoms in total. The van der Waals surface area contributed by atoms with E-state index in [0.717, 1.165) is 11.8 Å². The number of nitrogens with two attached hydrogens (primary N) is 1. The van der Waals surface area contributed by atoms with Crippen molar-refractivity contribution in [3.63, 3.8) is 0 Å². The topological polar surface area (TPSA) is 133 Å². The maximum atomic E-state index is 11.4. The van der Waals surface area contributed by atoms with Gasteiger partial charge >= 0.3 is 5.97 Å². The summed E-state index contributed by atoms with van der Waals surface area (Å²) in [6.45, 7) is 1.70. The fraction of sp³-hybridized carbons (Fsp3) is 0.176. The number of methoxy groups -OCH3 is 1. The van der Waals surface area contributed by atoms with Gasteiger partial charge < -0.3 is 15.6 Å². The van der Waals surface area contributed by atoms with Crippen LogP contribution in [0.25, 0.3) is 11.1 Å². The molecule has 25 heavy (non-hydrogen) atoms. The fourth-order valence-corrected chi connectivity index (χ4v) is 3.02. The summed E-state index contributed by atoms with van der Waals surface area (Å²) in [5.41, 5.74) is 7.56. The highest BCUT2D eigenvalue weighted by molar-refractivity contribution is 7.99. The molecule has 3 N–H and O–H groups in total. The minimum absolute atomic E-state index is 0.0328. The average molecular weight is 354 g/mol. The third-order valence-electron chi connectivity index (χ3n) is 3.46. The number of hydrogen-bond donors (Lipinski definition) is 2. The maximum absolute atomic E-state index is 11.4. The molecule has 1 aromatic carbocycles. The van der Waals surface area contributed by atoms with Gasteiger partial charge in [0.1, 0.15) is 34.3 Å². The van der Waals surface area contributed by atoms with E-state index in [1.165, 1.54) is 13.2 Å². The normalized spacial score (nSPS) is 9.92. The molecule has 0 aliphatic heterocycles. The number of nitriles is 2. The first-order chi connectivity index (χ1) is 11.9. The maximum Gasteiger partial charge on any atom is 0.316 e. The molecule has 0 spiro atoms. The van der Waals surface area contributed by atoms with Gasteiger partial charge in [-0.15, -0.1) is 0 Å². The number of carbonyl (C=O) groups is 1. The SMILES string of the molecule is COC(=O)CSc1nc(N)c(C#N)c(-c2ccc(O)c(C)c2)c1C#N. The van der Waals surface area contributed by atoms with Crippen LogP contribution >= 0.6 is 11.8 Å². The van der Waals surface area contributed by atoms with E-state index in [-0.39, 0.29) is 33.5 Å². The standard InChI is InChI=1S/C17H14N4O3S/c1-9-5-10(3-4-13(9)22)15-11(6-18)16(20)21-17(12(15)7-19)25-8-14(23)24-2/h3-5,22H,8H2,1-2H3,(H2,20,21). The number of carbonyl (C=O) groups excluding carboxylic acids is 1. The van der Waals surface area contributed by atoms with Gasteiger partial charge in [0, 0.05) is 5.56 Å². The molecule has 0 atom stereocenters. The number of aromatic hydroxyl groups is 1. The van der Waals surface area contributed by atoms with Crippen molar-refractivity contribution >= 4 is 23.5 Å². The van der Waals surface area contributed by atoms with Crippen molar-refractivity contribution in [1.29, 1.82) is 10.5 Å². The largest absolute Gasteiger partial charge is 0.508 e. The molecule has 2 rings (SSSR count). The predicted molar refractivity (Wildman–Crippen MR) is 92.7 cm³/mol. The van der Waals surface area contributed by atoms with E-state index in [9.17, 15) is 20.4 Å². The Kier molecular flexibility index (Phi) is 5.48. The molecule has 8 heteroatoms. The van der Waals surface area contributed by atoms with Gasteiger partial charge in [-0.3, -0.25) is 4.79 Å². The monoisotopic (exact) mass is 354 g/mol. The van der Waals surface area contributed by atoms with Gasteiger partial charge in [-0.1, -0.05) is 17.8 Å². The highest BCUT2D eigenvalue weighted by Gasteiger charge is 2.21. The first kappa shape index (κ1) is 18.1. The minimum atomic E-state index is -0.472. The highest BCUT2D eigenvalue weighted by atomic mass is 32.2. The van der Waals surface area contributed by atoms with Crippen LogP contribution in [0.3, 0.4) is 0 Å². The average Bonchev–Trinajstić information content (AvgIpc) is 2.61. The summed E-state index contributed by atoms with van der Waals surface area (Å²) < 4.78 is 4.58. The third kappa shape index (κ3) is 3.65. The molecule has 1 aromatic heterocycles. The zero-order chi connectivity index (χ0) is 18.6. The van der Waals surface area contributed by atoms with Gasteiger partial charge in [0.2, 0.25) is 0 Å². The number of nitrogens with zero attached hydrogens (tertiary/aromatic N) is 3. The number of anilines is 1. The Morgan fingerprint density at radius 2 is 2.04 bits per heavy atom. The summed E-state index contributed by atoms with van der Waals surface area (Å²) in [7, 11) is 1.26. The van der Waals surface area contributed by atoms with Crippen molar-refractivity contribution in [2.75, 3.05) is 18.6 Å². The molecule has 0 aliphatic carbocycles. The fourth-order valence-electron chi connectivity index (χ4n) is 2.19. The summed E-state index contributed by atoms with van der Waals surface area (Å²) >= 11 is 1.01. The lowest BCUT2D eigenvalue weighted by atomic mass is 9.95. The summed E-state index contributed by atoms with van der Waals surface area (Å²) in [4.78, 5) is 15.5. The van der Waals surface area contributed by atoms with Gasteiger partial charge in [0.25, 0.3) is 0 Å². The Balaban J connectivity index is 2.69. The van der Waals surface area contributed by atoms with Crippen molar-refractivity contribution < 1.29 is 14.6 Å². The molecule has 0 amide bonds. The van der Waals surface area contributed by atoms with E-state index < -0.39 is 5.97 Å². The van der Waals surface area contributed by atoms with Crippen molar-refractivity contribution in [2.24, 2.45) is 0 Å². The minimum Gasteiger partial charge on any atom is -0.508 e. The van der Waals surface area contributed by atoms with E-state index >= 15 is 0 Å². The van der Waals surface area contributed by atoms with Gasteiger partial charge in [0.05, 0.1) is 18.4 Å². The first-order valence-electron chi connectivity index (χ1n) is 7.06. The van der Waals surface area contributed by atoms with Gasteiger partial charge in [-0.05, 0) is 30.2 Å². The predicted octanol–water partition coefficient (Wildman–Crippen LogP) is 2.35. The molecule has 0 unspecified atom stereocenters. The first-order valence-corrected chi connectivity index (χ1v) is 8.04. The molecule has 0 saturated heterocycles. The molecular formula is C17H14N4O3S. The second kappa shape index (κ2) is 7.56. The summed E-state index contributed by atoms with van der Waals surface area (Å²) in [5.74, 6) is -0.448. The van der Waals surface area contributed by atoms with Crippen molar-refractivity contribution in [2.45, 2.75) is 11.9 Å². The van der Waals surface area contributed by atoms with Crippen LogP contribution < -0.4 is 5.73 Å². The Morgan fingerprint density at radius 3 is 2.60 bits per heavy atom. The smallest absolute Gasteiger partial charge is 0.316 e. The van der Waals surface area contributed by atoms with E-state index in [0.29, 0.717) is 16.7 Å². The number of phenols is 1. The van der Waals surface area contributed by atoms with E-state index in [4.69, 9.17) is 5.73 Å². The Labute approximate surface area is 148 Å². The summed E-state index contributed by atoms with van der Waals surface area (Å²) in [6, 6.07) is 8.73. The number of aromatic nitrogens is 1. The summed E-state index contributed by atoms with van der Waals surface area (Å²) in [6.07, 6.45) is 0. The van der Waals surface area contributed by atoms with Crippen molar-refractivity contribution in [3.05, 3.63) is 34.9 Å². The molecule has 2 aromatic rings. The van der Waals surface area contributed by atoms with Crippen LogP contribution in [0, 0.1) is 29.6 Å². The molecule has 0 fully saturated rings. The number of hydrogen-bond acceptors (Lipinski definition) is 8. The van der Waals surface area contributed by atoms with Crippen molar-refractivity contribution in [3.8, 4) is 29.0 Å². The lowest BCUT2D eigenvalue weighted by Crippen LogP contribution is -2.07. The number of benzene rings is 1. The molecule has 1 heterocycles. The van der Waals surface area contributed by atoms with Crippen LogP contribution in [0.1, 0.15) is 16.7 Å². The molecule has 126 valence electrons. The molecule has 0 saturated carbocycles. The van der Waals surface area contributed by atoms with Crippen LogP contribution in [-0.2, 0) is 9.53 Å². The van der Waals surface area contributed by atoms with E-state index in [1.807, 2.05) is 12.1 Å².